The number of hydrogen-bond donors (Lipinski definition) is 1. The summed E-state index contributed by atoms with van der Waals surface area (Å²) in [6.45, 7) is 3.45. The van der Waals surface area contributed by atoms with Crippen LogP contribution in [0.2, 0.25) is 0 Å². The second kappa shape index (κ2) is 4.92. The number of ether oxygens (including phenoxy) is 1. The van der Waals surface area contributed by atoms with Crippen LogP contribution in [0.3, 0.4) is 0 Å². The average Bonchev–Trinajstić information content (AvgIpc) is 3.04. The molecular weight excluding hydrogens is 226 g/mol. The predicted octanol–water partition coefficient (Wildman–Crippen LogP) is 1.80. The largest absolute Gasteiger partial charge is 0.383 e. The standard InChI is InChI=1S/C14H17N3O/c1-18-5-4-17-10-14(9-16-17)11-2-3-12-7-15-8-13(12)6-11/h2-3,6,9-10,15H,4-5,7-8H2,1H3. The van der Waals surface area contributed by atoms with Crippen molar-refractivity contribution in [2.45, 2.75) is 19.6 Å². The Hall–Kier alpha value is -1.65. The van der Waals surface area contributed by atoms with Gasteiger partial charge in [0.2, 0.25) is 0 Å². The van der Waals surface area contributed by atoms with E-state index in [0.717, 1.165) is 19.6 Å². The summed E-state index contributed by atoms with van der Waals surface area (Å²) >= 11 is 0. The van der Waals surface area contributed by atoms with E-state index in [2.05, 4.69) is 34.8 Å². The highest BCUT2D eigenvalue weighted by Gasteiger charge is 2.11. The molecule has 0 bridgehead atoms. The highest BCUT2D eigenvalue weighted by Crippen LogP contribution is 2.24. The molecule has 18 heavy (non-hydrogen) atoms. The van der Waals surface area contributed by atoms with Crippen molar-refractivity contribution in [3.05, 3.63) is 41.7 Å². The molecule has 2 heterocycles. The fourth-order valence-electron chi connectivity index (χ4n) is 2.29. The molecule has 94 valence electrons. The van der Waals surface area contributed by atoms with E-state index in [1.807, 2.05) is 10.9 Å². The first kappa shape index (κ1) is 11.4. The molecule has 2 aromatic rings. The van der Waals surface area contributed by atoms with Crippen molar-refractivity contribution in [1.82, 2.24) is 15.1 Å². The Labute approximate surface area is 107 Å². The molecule has 4 heteroatoms. The van der Waals surface area contributed by atoms with Crippen molar-refractivity contribution in [1.29, 1.82) is 0 Å². The van der Waals surface area contributed by atoms with Gasteiger partial charge in [-0.1, -0.05) is 12.1 Å². The van der Waals surface area contributed by atoms with Gasteiger partial charge in [0.25, 0.3) is 0 Å². The third kappa shape index (κ3) is 2.17. The minimum atomic E-state index is 0.690. The van der Waals surface area contributed by atoms with Gasteiger partial charge in [-0.05, 0) is 22.8 Å². The Kier molecular flexibility index (Phi) is 3.13. The first-order valence-electron chi connectivity index (χ1n) is 6.21. The number of aromatic nitrogens is 2. The lowest BCUT2D eigenvalue weighted by molar-refractivity contribution is 0.183. The molecule has 1 aromatic heterocycles. The molecule has 0 saturated heterocycles. The summed E-state index contributed by atoms with van der Waals surface area (Å²) in [5, 5.41) is 7.71. The number of benzene rings is 1. The van der Waals surface area contributed by atoms with Crippen LogP contribution >= 0.6 is 0 Å². The summed E-state index contributed by atoms with van der Waals surface area (Å²) in [6, 6.07) is 6.63. The van der Waals surface area contributed by atoms with Gasteiger partial charge in [0.1, 0.15) is 0 Å². The summed E-state index contributed by atoms with van der Waals surface area (Å²) in [7, 11) is 1.71. The van der Waals surface area contributed by atoms with Crippen molar-refractivity contribution >= 4 is 0 Å². The lowest BCUT2D eigenvalue weighted by Crippen LogP contribution is -2.03. The van der Waals surface area contributed by atoms with Gasteiger partial charge in [-0.3, -0.25) is 4.68 Å². The van der Waals surface area contributed by atoms with Crippen molar-refractivity contribution in [3.8, 4) is 11.1 Å². The molecule has 0 spiro atoms. The van der Waals surface area contributed by atoms with Crippen LogP contribution < -0.4 is 5.32 Å². The molecule has 0 fully saturated rings. The monoisotopic (exact) mass is 243 g/mol. The fraction of sp³-hybridized carbons (Fsp3) is 0.357. The fourth-order valence-corrected chi connectivity index (χ4v) is 2.29. The van der Waals surface area contributed by atoms with E-state index in [4.69, 9.17) is 4.74 Å². The van der Waals surface area contributed by atoms with Gasteiger partial charge in [-0.2, -0.15) is 5.10 Å². The lowest BCUT2D eigenvalue weighted by atomic mass is 10.0. The molecule has 1 aliphatic heterocycles. The first-order chi connectivity index (χ1) is 8.86. The van der Waals surface area contributed by atoms with E-state index in [1.54, 1.807) is 7.11 Å². The normalized spacial score (nSPS) is 13.8. The van der Waals surface area contributed by atoms with Gasteiger partial charge >= 0.3 is 0 Å². The molecule has 0 aliphatic carbocycles. The SMILES string of the molecule is COCCn1cc(-c2ccc3c(c2)CNC3)cn1. The Balaban J connectivity index is 1.83. The third-order valence-electron chi connectivity index (χ3n) is 3.33. The van der Waals surface area contributed by atoms with Gasteiger partial charge in [0.05, 0.1) is 19.3 Å². The molecule has 0 amide bonds. The van der Waals surface area contributed by atoms with Gasteiger partial charge < -0.3 is 10.1 Å². The number of nitrogens with zero attached hydrogens (tertiary/aromatic N) is 2. The van der Waals surface area contributed by atoms with Gasteiger partial charge in [-0.25, -0.2) is 0 Å². The molecule has 4 nitrogen and oxygen atoms in total. The van der Waals surface area contributed by atoms with Gasteiger partial charge in [-0.15, -0.1) is 0 Å². The van der Waals surface area contributed by atoms with E-state index in [-0.39, 0.29) is 0 Å². The average molecular weight is 243 g/mol. The lowest BCUT2D eigenvalue weighted by Gasteiger charge is -2.02. The molecule has 3 rings (SSSR count). The summed E-state index contributed by atoms with van der Waals surface area (Å²) in [5.41, 5.74) is 5.21. The Morgan fingerprint density at radius 2 is 2.17 bits per heavy atom. The third-order valence-corrected chi connectivity index (χ3v) is 3.33. The van der Waals surface area contributed by atoms with Crippen LogP contribution in [0.15, 0.2) is 30.6 Å². The summed E-state index contributed by atoms with van der Waals surface area (Å²) < 4.78 is 6.97. The van der Waals surface area contributed by atoms with Crippen LogP contribution in [0.1, 0.15) is 11.1 Å². The maximum atomic E-state index is 5.05. The zero-order valence-electron chi connectivity index (χ0n) is 10.5. The van der Waals surface area contributed by atoms with E-state index in [9.17, 15) is 0 Å². The van der Waals surface area contributed by atoms with Crippen LogP contribution in [0.4, 0.5) is 0 Å². The minimum absolute atomic E-state index is 0.690. The maximum absolute atomic E-state index is 5.05. The number of methoxy groups -OCH3 is 1. The smallest absolute Gasteiger partial charge is 0.0658 e. The Morgan fingerprint density at radius 3 is 3.06 bits per heavy atom. The van der Waals surface area contributed by atoms with Crippen molar-refractivity contribution in [2.75, 3.05) is 13.7 Å². The second-order valence-electron chi connectivity index (χ2n) is 4.57. The molecule has 0 unspecified atom stereocenters. The molecule has 1 aromatic carbocycles. The van der Waals surface area contributed by atoms with E-state index in [1.165, 1.54) is 22.3 Å². The van der Waals surface area contributed by atoms with E-state index in [0.29, 0.717) is 6.61 Å². The first-order valence-corrected chi connectivity index (χ1v) is 6.21. The summed E-state index contributed by atoms with van der Waals surface area (Å²) in [6.07, 6.45) is 3.99. The van der Waals surface area contributed by atoms with Crippen LogP contribution in [0.5, 0.6) is 0 Å². The quantitative estimate of drug-likeness (QED) is 0.890. The van der Waals surface area contributed by atoms with Crippen molar-refractivity contribution < 1.29 is 4.74 Å². The van der Waals surface area contributed by atoms with Crippen LogP contribution in [0.25, 0.3) is 11.1 Å². The maximum Gasteiger partial charge on any atom is 0.0658 e. The second-order valence-corrected chi connectivity index (χ2v) is 4.57. The number of nitrogens with one attached hydrogen (secondary N) is 1. The molecule has 0 saturated carbocycles. The summed E-state index contributed by atoms with van der Waals surface area (Å²) in [4.78, 5) is 0. The number of hydrogen-bond acceptors (Lipinski definition) is 3. The Bertz CT molecular complexity index is 548. The molecular formula is C14H17N3O. The summed E-state index contributed by atoms with van der Waals surface area (Å²) in [5.74, 6) is 0. The molecule has 1 aliphatic rings. The van der Waals surface area contributed by atoms with Gasteiger partial charge in [0, 0.05) is 32.0 Å². The molecule has 0 radical (unpaired) electrons. The number of rotatable bonds is 4. The van der Waals surface area contributed by atoms with Crippen LogP contribution in [-0.4, -0.2) is 23.5 Å². The van der Waals surface area contributed by atoms with Gasteiger partial charge in [0.15, 0.2) is 0 Å². The molecule has 1 N–H and O–H groups in total. The Morgan fingerprint density at radius 1 is 1.28 bits per heavy atom. The topological polar surface area (TPSA) is 39.1 Å². The number of fused-ring (bicyclic) bond motifs is 1. The predicted molar refractivity (Wildman–Crippen MR) is 70.1 cm³/mol. The van der Waals surface area contributed by atoms with Crippen LogP contribution in [0, 0.1) is 0 Å². The van der Waals surface area contributed by atoms with Crippen molar-refractivity contribution in [3.63, 3.8) is 0 Å². The van der Waals surface area contributed by atoms with Crippen molar-refractivity contribution in [2.24, 2.45) is 0 Å². The van der Waals surface area contributed by atoms with E-state index < -0.39 is 0 Å². The highest BCUT2D eigenvalue weighted by atomic mass is 16.5. The highest BCUT2D eigenvalue weighted by molar-refractivity contribution is 5.63. The molecule has 0 atom stereocenters. The van der Waals surface area contributed by atoms with Crippen LogP contribution in [-0.2, 0) is 24.4 Å². The minimum Gasteiger partial charge on any atom is -0.383 e. The zero-order chi connectivity index (χ0) is 12.4. The zero-order valence-corrected chi connectivity index (χ0v) is 10.5. The van der Waals surface area contributed by atoms with E-state index >= 15 is 0 Å².